The summed E-state index contributed by atoms with van der Waals surface area (Å²) in [4.78, 5) is 2.62. The Morgan fingerprint density at radius 1 is 1.27 bits per heavy atom. The minimum Gasteiger partial charge on any atom is -0.496 e. The Bertz CT molecular complexity index is 576. The molecule has 0 aromatic heterocycles. The highest BCUT2D eigenvalue weighted by Crippen LogP contribution is 2.56. The van der Waals surface area contributed by atoms with Crippen molar-refractivity contribution in [2.75, 3.05) is 20.7 Å². The molecule has 1 saturated carbocycles. The zero-order valence-electron chi connectivity index (χ0n) is 13.4. The summed E-state index contributed by atoms with van der Waals surface area (Å²) in [6.07, 6.45) is 8.13. The van der Waals surface area contributed by atoms with E-state index in [-0.39, 0.29) is 17.0 Å². The van der Waals surface area contributed by atoms with E-state index in [9.17, 15) is 0 Å². The van der Waals surface area contributed by atoms with E-state index >= 15 is 0 Å². The van der Waals surface area contributed by atoms with Crippen molar-refractivity contribution in [3.63, 3.8) is 0 Å². The van der Waals surface area contributed by atoms with Crippen LogP contribution in [0.5, 0.6) is 5.75 Å². The molecule has 1 aromatic carbocycles. The molecule has 2 fully saturated rings. The molecule has 2 aliphatic carbocycles. The van der Waals surface area contributed by atoms with Crippen LogP contribution in [0.4, 0.5) is 0 Å². The molecule has 0 radical (unpaired) electrons. The van der Waals surface area contributed by atoms with Gasteiger partial charge in [0, 0.05) is 11.5 Å². The Labute approximate surface area is 152 Å². The van der Waals surface area contributed by atoms with Crippen LogP contribution in [0.2, 0.25) is 0 Å². The van der Waals surface area contributed by atoms with Gasteiger partial charge in [-0.25, -0.2) is 0 Å². The maximum atomic E-state index is 5.59. The molecule has 2 nitrogen and oxygen atoms in total. The molecule has 122 valence electrons. The molecule has 0 spiro atoms. The van der Waals surface area contributed by atoms with Gasteiger partial charge in [0.05, 0.1) is 11.6 Å². The monoisotopic (exact) mass is 429 g/mol. The third kappa shape index (κ3) is 2.29. The summed E-state index contributed by atoms with van der Waals surface area (Å²) in [7, 11) is 4.11. The van der Waals surface area contributed by atoms with E-state index in [1.807, 2.05) is 0 Å². The zero-order valence-corrected chi connectivity index (χ0v) is 16.7. The molecule has 1 saturated heterocycles. The molecular formula is C18H25Br2NO. The highest BCUT2D eigenvalue weighted by Gasteiger charge is 2.53. The molecule has 1 aliphatic heterocycles. The van der Waals surface area contributed by atoms with Crippen molar-refractivity contribution in [3.8, 4) is 5.75 Å². The van der Waals surface area contributed by atoms with Gasteiger partial charge in [0.25, 0.3) is 0 Å². The van der Waals surface area contributed by atoms with Crippen molar-refractivity contribution in [2.24, 2.45) is 5.92 Å². The molecule has 1 heterocycles. The van der Waals surface area contributed by atoms with Gasteiger partial charge in [-0.1, -0.05) is 12.8 Å². The van der Waals surface area contributed by atoms with E-state index in [1.54, 1.807) is 18.2 Å². The predicted octanol–water partition coefficient (Wildman–Crippen LogP) is 4.72. The lowest BCUT2D eigenvalue weighted by Gasteiger charge is -2.58. The van der Waals surface area contributed by atoms with Crippen LogP contribution in [0.1, 0.15) is 43.2 Å². The number of ether oxygens (including phenoxy) is 1. The topological polar surface area (TPSA) is 12.5 Å². The molecule has 0 amide bonds. The average Bonchev–Trinajstić information content (AvgIpc) is 2.50. The number of piperidine rings is 1. The van der Waals surface area contributed by atoms with E-state index in [2.05, 4.69) is 40.0 Å². The number of halogens is 2. The zero-order chi connectivity index (χ0) is 14.6. The second-order valence-electron chi connectivity index (χ2n) is 7.15. The van der Waals surface area contributed by atoms with Crippen molar-refractivity contribution in [1.82, 2.24) is 4.90 Å². The molecule has 22 heavy (non-hydrogen) atoms. The van der Waals surface area contributed by atoms with E-state index in [0.29, 0.717) is 5.41 Å². The lowest BCUT2D eigenvalue weighted by molar-refractivity contribution is 0.00271. The Morgan fingerprint density at radius 2 is 2.09 bits per heavy atom. The summed E-state index contributed by atoms with van der Waals surface area (Å²) in [5.41, 5.74) is 3.59. The fourth-order valence-electron chi connectivity index (χ4n) is 5.36. The van der Waals surface area contributed by atoms with Crippen LogP contribution in [-0.2, 0) is 11.8 Å². The standard InChI is InChI=1S/C18H24BrNO.BrH/c1-20-8-7-18-6-4-3-5-13(18)16(20)10-12-9-15(19)17(21-2)11-14(12)18;/h9,11,13,16H,3-8,10H2,1-2H3;1H/t13-,16+,18+;/m1./s1. The lowest BCUT2D eigenvalue weighted by atomic mass is 9.52. The van der Waals surface area contributed by atoms with Crippen molar-refractivity contribution in [2.45, 2.75) is 50.0 Å². The number of nitrogens with zero attached hydrogens (tertiary/aromatic N) is 1. The SMILES string of the molecule is Br.COc1cc2c(cc1Br)C[C@H]1[C@H]3CCCC[C@@]23CCN1C. The fourth-order valence-corrected chi connectivity index (χ4v) is 5.91. The van der Waals surface area contributed by atoms with Gasteiger partial charge in [-0.3, -0.25) is 0 Å². The van der Waals surface area contributed by atoms with E-state index in [0.717, 1.165) is 22.2 Å². The van der Waals surface area contributed by atoms with Gasteiger partial charge in [0.1, 0.15) is 5.75 Å². The van der Waals surface area contributed by atoms with Crippen LogP contribution in [0.15, 0.2) is 16.6 Å². The number of hydrogen-bond donors (Lipinski definition) is 0. The number of rotatable bonds is 1. The maximum Gasteiger partial charge on any atom is 0.133 e. The quantitative estimate of drug-likeness (QED) is 0.638. The first kappa shape index (κ1) is 16.8. The molecule has 4 rings (SSSR count). The number of methoxy groups -OCH3 is 1. The van der Waals surface area contributed by atoms with Crippen LogP contribution < -0.4 is 4.74 Å². The van der Waals surface area contributed by atoms with Crippen LogP contribution in [0, 0.1) is 5.92 Å². The first-order chi connectivity index (χ1) is 10.2. The largest absolute Gasteiger partial charge is 0.496 e. The van der Waals surface area contributed by atoms with Crippen LogP contribution in [-0.4, -0.2) is 31.6 Å². The lowest BCUT2D eigenvalue weighted by Crippen LogP contribution is -2.59. The molecule has 3 aliphatic rings. The van der Waals surface area contributed by atoms with Crippen LogP contribution in [0.3, 0.4) is 0 Å². The van der Waals surface area contributed by atoms with Gasteiger partial charge >= 0.3 is 0 Å². The molecule has 1 aromatic rings. The van der Waals surface area contributed by atoms with Gasteiger partial charge in [0.2, 0.25) is 0 Å². The maximum absolute atomic E-state index is 5.59. The number of hydrogen-bond acceptors (Lipinski definition) is 2. The average molecular weight is 431 g/mol. The number of likely N-dealkylation sites (tertiary alicyclic amines) is 1. The summed E-state index contributed by atoms with van der Waals surface area (Å²) in [5, 5.41) is 0. The summed E-state index contributed by atoms with van der Waals surface area (Å²) >= 11 is 3.68. The van der Waals surface area contributed by atoms with E-state index in [4.69, 9.17) is 4.74 Å². The second kappa shape index (κ2) is 6.10. The fraction of sp³-hybridized carbons (Fsp3) is 0.667. The third-order valence-electron chi connectivity index (χ3n) is 6.38. The predicted molar refractivity (Wildman–Crippen MR) is 99.4 cm³/mol. The van der Waals surface area contributed by atoms with Gasteiger partial charge in [-0.15, -0.1) is 17.0 Å². The van der Waals surface area contributed by atoms with Crippen molar-refractivity contribution < 1.29 is 4.74 Å². The minimum absolute atomic E-state index is 0. The molecule has 2 bridgehead atoms. The first-order valence-corrected chi connectivity index (χ1v) is 9.02. The van der Waals surface area contributed by atoms with Crippen LogP contribution >= 0.6 is 32.9 Å². The van der Waals surface area contributed by atoms with Gasteiger partial charge in [-0.2, -0.15) is 0 Å². The first-order valence-electron chi connectivity index (χ1n) is 8.23. The Morgan fingerprint density at radius 3 is 2.86 bits per heavy atom. The third-order valence-corrected chi connectivity index (χ3v) is 7.00. The molecular weight excluding hydrogens is 406 g/mol. The van der Waals surface area contributed by atoms with Gasteiger partial charge in [0.15, 0.2) is 0 Å². The molecule has 0 unspecified atom stereocenters. The minimum atomic E-state index is 0. The molecule has 4 heteroatoms. The summed E-state index contributed by atoms with van der Waals surface area (Å²) in [5.74, 6) is 1.85. The number of likely N-dealkylation sites (N-methyl/N-ethyl adjacent to an activating group) is 1. The summed E-state index contributed by atoms with van der Waals surface area (Å²) < 4.78 is 6.70. The summed E-state index contributed by atoms with van der Waals surface area (Å²) in [6.45, 7) is 1.25. The highest BCUT2D eigenvalue weighted by molar-refractivity contribution is 9.10. The Balaban J connectivity index is 0.00000144. The smallest absolute Gasteiger partial charge is 0.133 e. The van der Waals surface area contributed by atoms with Crippen molar-refractivity contribution in [1.29, 1.82) is 0 Å². The summed E-state index contributed by atoms with van der Waals surface area (Å²) in [6, 6.07) is 5.42. The number of fused-ring (bicyclic) bond motifs is 1. The van der Waals surface area contributed by atoms with Gasteiger partial charge in [-0.05, 0) is 84.4 Å². The van der Waals surface area contributed by atoms with Crippen molar-refractivity contribution >= 4 is 32.9 Å². The second-order valence-corrected chi connectivity index (χ2v) is 8.01. The molecule has 3 atom stereocenters. The van der Waals surface area contributed by atoms with E-state index in [1.165, 1.54) is 45.1 Å². The van der Waals surface area contributed by atoms with Gasteiger partial charge < -0.3 is 9.64 Å². The Kier molecular flexibility index (Phi) is 4.66. The van der Waals surface area contributed by atoms with E-state index < -0.39 is 0 Å². The molecule has 0 N–H and O–H groups in total. The number of benzene rings is 1. The normalized spacial score (nSPS) is 33.4. The van der Waals surface area contributed by atoms with Crippen molar-refractivity contribution in [3.05, 3.63) is 27.7 Å². The van der Waals surface area contributed by atoms with Crippen LogP contribution in [0.25, 0.3) is 0 Å². The Hall–Kier alpha value is -0.0600. The highest BCUT2D eigenvalue weighted by atomic mass is 79.9.